The molecule has 1 aromatic rings. The number of tetrazole rings is 1. The maximum absolute atomic E-state index is 5.38. The summed E-state index contributed by atoms with van der Waals surface area (Å²) < 4.78 is 12.3. The highest BCUT2D eigenvalue weighted by atomic mass is 16.5. The van der Waals surface area contributed by atoms with Crippen molar-refractivity contribution >= 4 is 0 Å². The Kier molecular flexibility index (Phi) is 5.03. The highest BCUT2D eigenvalue weighted by Crippen LogP contribution is 2.31. The molecule has 0 radical (unpaired) electrons. The Labute approximate surface area is 107 Å². The van der Waals surface area contributed by atoms with Crippen LogP contribution in [0.15, 0.2) is 0 Å². The molecule has 7 heteroatoms. The first-order valence-electron chi connectivity index (χ1n) is 6.34. The number of aromatic nitrogens is 4. The zero-order valence-electron chi connectivity index (χ0n) is 11.0. The first-order chi connectivity index (χ1) is 8.85. The second-order valence-corrected chi connectivity index (χ2v) is 4.53. The van der Waals surface area contributed by atoms with Gasteiger partial charge in [0.05, 0.1) is 25.3 Å². The van der Waals surface area contributed by atoms with Crippen LogP contribution in [0, 0.1) is 0 Å². The molecule has 1 heterocycles. The molecule has 0 spiro atoms. The highest BCUT2D eigenvalue weighted by Gasteiger charge is 2.28. The molecule has 0 bridgehead atoms. The molecule has 1 fully saturated rings. The lowest BCUT2D eigenvalue weighted by atomic mass is 10.2. The molecule has 1 saturated carbocycles. The van der Waals surface area contributed by atoms with E-state index in [1.165, 1.54) is 0 Å². The number of methoxy groups -OCH3 is 2. The van der Waals surface area contributed by atoms with Crippen LogP contribution in [0.1, 0.15) is 31.1 Å². The van der Waals surface area contributed by atoms with E-state index in [0.29, 0.717) is 25.3 Å². The molecule has 0 aromatic carbocycles. The Morgan fingerprint density at radius 2 is 2.28 bits per heavy atom. The molecule has 2 unspecified atom stereocenters. The molecular weight excluding hydrogens is 234 g/mol. The molecule has 0 aliphatic heterocycles. The number of ether oxygens (including phenoxy) is 2. The second kappa shape index (κ2) is 6.77. The maximum Gasteiger partial charge on any atom is 0.165 e. The van der Waals surface area contributed by atoms with Gasteiger partial charge in [-0.25, -0.2) is 4.68 Å². The molecule has 0 saturated heterocycles. The fourth-order valence-electron chi connectivity index (χ4n) is 2.34. The average molecular weight is 255 g/mol. The topological polar surface area (TPSA) is 74.1 Å². The lowest BCUT2D eigenvalue weighted by molar-refractivity contribution is 0.105. The lowest BCUT2D eigenvalue weighted by Gasteiger charge is -2.12. The molecule has 7 nitrogen and oxygen atoms in total. The van der Waals surface area contributed by atoms with Crippen LogP contribution in [0.3, 0.4) is 0 Å². The summed E-state index contributed by atoms with van der Waals surface area (Å²) in [6.45, 7) is 2.16. The van der Waals surface area contributed by atoms with Gasteiger partial charge in [-0.05, 0) is 29.7 Å². The quantitative estimate of drug-likeness (QED) is 0.699. The zero-order valence-corrected chi connectivity index (χ0v) is 11.0. The summed E-state index contributed by atoms with van der Waals surface area (Å²) in [6.07, 6.45) is 3.49. The van der Waals surface area contributed by atoms with Gasteiger partial charge < -0.3 is 14.8 Å². The third-order valence-electron chi connectivity index (χ3n) is 3.36. The van der Waals surface area contributed by atoms with Crippen LogP contribution in [0.4, 0.5) is 0 Å². The van der Waals surface area contributed by atoms with Crippen molar-refractivity contribution in [2.45, 2.75) is 38.0 Å². The molecular formula is C11H21N5O2. The molecule has 1 aliphatic rings. The number of nitrogens with zero attached hydrogens (tertiary/aromatic N) is 4. The standard InChI is InChI=1S/C11H21N5O2/c1-17-6-5-12-8-11-13-14-15-16(11)9-3-4-10(7-9)18-2/h9-10,12H,3-8H2,1-2H3. The Hall–Kier alpha value is -1.05. The SMILES string of the molecule is COCCNCc1nnnn1C1CCC(OC)C1. The Morgan fingerprint density at radius 3 is 3.00 bits per heavy atom. The van der Waals surface area contributed by atoms with Crippen LogP contribution in [0.2, 0.25) is 0 Å². The maximum atomic E-state index is 5.38. The average Bonchev–Trinajstić information content (AvgIpc) is 3.02. The fourth-order valence-corrected chi connectivity index (χ4v) is 2.34. The summed E-state index contributed by atoms with van der Waals surface area (Å²) in [6, 6.07) is 0.365. The van der Waals surface area contributed by atoms with Crippen LogP contribution < -0.4 is 5.32 Å². The predicted octanol–water partition coefficient (Wildman–Crippen LogP) is 0.149. The molecule has 1 aromatic heterocycles. The number of nitrogens with one attached hydrogen (secondary N) is 1. The van der Waals surface area contributed by atoms with E-state index in [0.717, 1.165) is 31.6 Å². The van der Waals surface area contributed by atoms with E-state index in [1.54, 1.807) is 14.2 Å². The van der Waals surface area contributed by atoms with E-state index >= 15 is 0 Å². The van der Waals surface area contributed by atoms with Crippen molar-refractivity contribution in [2.24, 2.45) is 0 Å². The summed E-state index contributed by atoms with van der Waals surface area (Å²) in [5.41, 5.74) is 0. The lowest BCUT2D eigenvalue weighted by Crippen LogP contribution is -2.22. The van der Waals surface area contributed by atoms with Gasteiger partial charge in [0.2, 0.25) is 0 Å². The summed E-state index contributed by atoms with van der Waals surface area (Å²) in [4.78, 5) is 0. The molecule has 1 aliphatic carbocycles. The number of rotatable bonds is 7. The third-order valence-corrected chi connectivity index (χ3v) is 3.36. The zero-order chi connectivity index (χ0) is 12.8. The van der Waals surface area contributed by atoms with Gasteiger partial charge in [-0.1, -0.05) is 0 Å². The Balaban J connectivity index is 1.87. The fraction of sp³-hybridized carbons (Fsp3) is 0.909. The minimum absolute atomic E-state index is 0.341. The van der Waals surface area contributed by atoms with Crippen molar-refractivity contribution in [3.05, 3.63) is 5.82 Å². The Morgan fingerprint density at radius 1 is 1.39 bits per heavy atom. The minimum Gasteiger partial charge on any atom is -0.383 e. The molecule has 1 N–H and O–H groups in total. The van der Waals surface area contributed by atoms with Crippen LogP contribution in [-0.2, 0) is 16.0 Å². The van der Waals surface area contributed by atoms with Crippen molar-refractivity contribution in [3.8, 4) is 0 Å². The largest absolute Gasteiger partial charge is 0.383 e. The molecule has 102 valence electrons. The van der Waals surface area contributed by atoms with Gasteiger partial charge in [-0.15, -0.1) is 5.10 Å². The van der Waals surface area contributed by atoms with Gasteiger partial charge in [0, 0.05) is 20.8 Å². The summed E-state index contributed by atoms with van der Waals surface area (Å²) in [7, 11) is 3.45. The minimum atomic E-state index is 0.341. The smallest absolute Gasteiger partial charge is 0.165 e. The molecule has 2 rings (SSSR count). The molecule has 18 heavy (non-hydrogen) atoms. The summed E-state index contributed by atoms with van der Waals surface area (Å²) in [5.74, 6) is 0.882. The van der Waals surface area contributed by atoms with Crippen LogP contribution >= 0.6 is 0 Å². The van der Waals surface area contributed by atoms with E-state index in [-0.39, 0.29) is 0 Å². The second-order valence-electron chi connectivity index (χ2n) is 4.53. The van der Waals surface area contributed by atoms with Gasteiger partial charge in [0.1, 0.15) is 0 Å². The van der Waals surface area contributed by atoms with E-state index in [2.05, 4.69) is 20.8 Å². The number of hydrogen-bond donors (Lipinski definition) is 1. The van der Waals surface area contributed by atoms with Crippen LogP contribution in [-0.4, -0.2) is 53.7 Å². The summed E-state index contributed by atoms with van der Waals surface area (Å²) >= 11 is 0. The van der Waals surface area contributed by atoms with Crippen molar-refractivity contribution in [1.82, 2.24) is 25.5 Å². The van der Waals surface area contributed by atoms with Gasteiger partial charge in [0.15, 0.2) is 5.82 Å². The van der Waals surface area contributed by atoms with Gasteiger partial charge >= 0.3 is 0 Å². The molecule has 0 amide bonds. The first kappa shape index (κ1) is 13.4. The van der Waals surface area contributed by atoms with Gasteiger partial charge in [0.25, 0.3) is 0 Å². The first-order valence-corrected chi connectivity index (χ1v) is 6.34. The third kappa shape index (κ3) is 3.24. The van der Waals surface area contributed by atoms with E-state index in [4.69, 9.17) is 9.47 Å². The van der Waals surface area contributed by atoms with Crippen molar-refractivity contribution in [1.29, 1.82) is 0 Å². The monoisotopic (exact) mass is 255 g/mol. The highest BCUT2D eigenvalue weighted by molar-refractivity contribution is 4.88. The Bertz CT molecular complexity index is 357. The van der Waals surface area contributed by atoms with Crippen LogP contribution in [0.25, 0.3) is 0 Å². The van der Waals surface area contributed by atoms with Crippen molar-refractivity contribution < 1.29 is 9.47 Å². The van der Waals surface area contributed by atoms with Crippen molar-refractivity contribution in [2.75, 3.05) is 27.4 Å². The van der Waals surface area contributed by atoms with E-state index in [1.807, 2.05) is 4.68 Å². The van der Waals surface area contributed by atoms with Crippen molar-refractivity contribution in [3.63, 3.8) is 0 Å². The summed E-state index contributed by atoms with van der Waals surface area (Å²) in [5, 5.41) is 15.2. The number of hydrogen-bond acceptors (Lipinski definition) is 6. The molecule has 2 atom stereocenters. The predicted molar refractivity (Wildman–Crippen MR) is 65.1 cm³/mol. The van der Waals surface area contributed by atoms with Gasteiger partial charge in [-0.3, -0.25) is 0 Å². The van der Waals surface area contributed by atoms with Gasteiger partial charge in [-0.2, -0.15) is 0 Å². The van der Waals surface area contributed by atoms with Crippen LogP contribution in [0.5, 0.6) is 0 Å². The van der Waals surface area contributed by atoms with E-state index < -0.39 is 0 Å². The normalized spacial score (nSPS) is 23.7. The van der Waals surface area contributed by atoms with E-state index in [9.17, 15) is 0 Å².